The van der Waals surface area contributed by atoms with Crippen LogP contribution in [0.2, 0.25) is 0 Å². The predicted molar refractivity (Wildman–Crippen MR) is 120 cm³/mol. The number of alkyl halides is 3. The second kappa shape index (κ2) is 8.62. The van der Waals surface area contributed by atoms with Gasteiger partial charge in [-0.15, -0.1) is 11.3 Å². The molecule has 2 fully saturated rings. The van der Waals surface area contributed by atoms with Crippen molar-refractivity contribution in [2.45, 2.75) is 45.0 Å². The van der Waals surface area contributed by atoms with E-state index in [0.29, 0.717) is 41.6 Å². The molecule has 2 saturated heterocycles. The maximum atomic E-state index is 12.7. The van der Waals surface area contributed by atoms with E-state index in [2.05, 4.69) is 14.9 Å². The number of ether oxygens (including phenoxy) is 1. The second-order valence-corrected chi connectivity index (χ2v) is 9.40. The first-order valence-electron chi connectivity index (χ1n) is 9.05. The number of thiophene rings is 1. The fraction of sp³-hybridized carbons (Fsp3) is 0.611. The number of hydrogen-bond donors (Lipinski definition) is 0. The third-order valence-electron chi connectivity index (χ3n) is 4.90. The zero-order chi connectivity index (χ0) is 20.3. The lowest BCUT2D eigenvalue weighted by atomic mass is 9.92. The molecule has 12 heteroatoms. The predicted octanol–water partition coefficient (Wildman–Crippen LogP) is 4.08. The highest BCUT2D eigenvalue weighted by Gasteiger charge is 2.48. The minimum absolute atomic E-state index is 0. The Labute approximate surface area is 190 Å². The number of hydrogen-bond acceptors (Lipinski definition) is 6. The Morgan fingerprint density at radius 3 is 2.53 bits per heavy atom. The van der Waals surface area contributed by atoms with Gasteiger partial charge >= 0.3 is 12.3 Å². The second-order valence-electron chi connectivity index (χ2n) is 8.29. The molecule has 2 aromatic rings. The Morgan fingerprint density at radius 1 is 1.20 bits per heavy atom. The van der Waals surface area contributed by atoms with Crippen LogP contribution in [0.1, 0.15) is 25.6 Å². The number of carbonyl (C=O) groups excluding carboxylic acids is 1. The van der Waals surface area contributed by atoms with Gasteiger partial charge in [-0.25, -0.2) is 14.8 Å². The first-order chi connectivity index (χ1) is 13.0. The first kappa shape index (κ1) is 24.9. The summed E-state index contributed by atoms with van der Waals surface area (Å²) in [6, 6.07) is 1.63. The van der Waals surface area contributed by atoms with Crippen LogP contribution in [-0.2, 0) is 11.2 Å². The lowest BCUT2D eigenvalue weighted by Gasteiger charge is -2.44. The molecule has 30 heavy (non-hydrogen) atoms. The van der Waals surface area contributed by atoms with Gasteiger partial charge in [-0.2, -0.15) is 40.2 Å². The SMILES string of the molecule is CC(C)(C)OC(=O)N1C[C@H]2CN(c3ncnc4sc(CC(F)(F)F)cc34)[C@H]2C1.S.S. The summed E-state index contributed by atoms with van der Waals surface area (Å²) in [6.07, 6.45) is -4.17. The zero-order valence-electron chi connectivity index (χ0n) is 16.8. The quantitative estimate of drug-likeness (QED) is 0.646. The van der Waals surface area contributed by atoms with Crippen molar-refractivity contribution in [1.29, 1.82) is 0 Å². The Kier molecular flexibility index (Phi) is 7.14. The third-order valence-corrected chi connectivity index (χ3v) is 5.94. The average Bonchev–Trinajstić information content (AvgIpc) is 3.06. The van der Waals surface area contributed by atoms with Gasteiger partial charge in [0.05, 0.1) is 17.8 Å². The van der Waals surface area contributed by atoms with Crippen LogP contribution in [0.25, 0.3) is 10.2 Å². The van der Waals surface area contributed by atoms with Crippen molar-refractivity contribution in [2.24, 2.45) is 5.92 Å². The van der Waals surface area contributed by atoms with Gasteiger partial charge in [0.25, 0.3) is 0 Å². The van der Waals surface area contributed by atoms with Crippen LogP contribution in [0.5, 0.6) is 0 Å². The highest BCUT2D eigenvalue weighted by atomic mass is 32.1. The average molecular weight is 483 g/mol. The summed E-state index contributed by atoms with van der Waals surface area (Å²) in [6.45, 7) is 7.33. The van der Waals surface area contributed by atoms with E-state index in [0.717, 1.165) is 11.3 Å². The van der Waals surface area contributed by atoms with Gasteiger partial charge in [0.1, 0.15) is 22.6 Å². The van der Waals surface area contributed by atoms with Crippen molar-refractivity contribution >= 4 is 60.5 Å². The number of likely N-dealkylation sites (tertiary alicyclic amines) is 1. The van der Waals surface area contributed by atoms with Crippen molar-refractivity contribution in [3.8, 4) is 0 Å². The van der Waals surface area contributed by atoms with E-state index < -0.39 is 18.2 Å². The third kappa shape index (κ3) is 5.08. The topological polar surface area (TPSA) is 58.6 Å². The standard InChI is InChI=1S/C18H21F3N4O2S.2H2S/c1-17(2,3)27-16(26)24-6-10-7-25(13(10)8-24)14-12-4-11(5-18(19,20)21)28-15(12)23-9-22-14;;/h4,9-10,13H,5-8H2,1-3H3;2*1H2/t10-,13-;;/m0../s1. The van der Waals surface area contributed by atoms with E-state index in [1.807, 2.05) is 20.8 Å². The molecule has 0 aromatic carbocycles. The molecule has 4 rings (SSSR count). The lowest BCUT2D eigenvalue weighted by molar-refractivity contribution is -0.126. The number of fused-ring (bicyclic) bond motifs is 2. The van der Waals surface area contributed by atoms with Crippen LogP contribution in [-0.4, -0.2) is 58.4 Å². The Hall–Kier alpha value is -1.40. The van der Waals surface area contributed by atoms with E-state index in [4.69, 9.17) is 4.74 Å². The molecular weight excluding hydrogens is 457 g/mol. The maximum absolute atomic E-state index is 12.7. The molecule has 2 aliphatic heterocycles. The van der Waals surface area contributed by atoms with E-state index in [-0.39, 0.29) is 44.0 Å². The summed E-state index contributed by atoms with van der Waals surface area (Å²) in [5.74, 6) is 0.952. The molecular formula is C18H25F3N4O2S3. The molecule has 168 valence electrons. The van der Waals surface area contributed by atoms with Crippen molar-refractivity contribution in [1.82, 2.24) is 14.9 Å². The molecule has 0 unspecified atom stereocenters. The fourth-order valence-electron chi connectivity index (χ4n) is 3.76. The van der Waals surface area contributed by atoms with E-state index in [1.165, 1.54) is 12.4 Å². The summed E-state index contributed by atoms with van der Waals surface area (Å²) < 4.78 is 43.6. The van der Waals surface area contributed by atoms with Crippen LogP contribution < -0.4 is 4.90 Å². The van der Waals surface area contributed by atoms with Gasteiger partial charge in [-0.05, 0) is 26.8 Å². The largest absolute Gasteiger partial charge is 0.444 e. The number of carbonyl (C=O) groups is 1. The summed E-state index contributed by atoms with van der Waals surface area (Å²) in [4.78, 5) is 25.3. The lowest BCUT2D eigenvalue weighted by Crippen LogP contribution is -2.56. The van der Waals surface area contributed by atoms with Gasteiger partial charge in [-0.3, -0.25) is 0 Å². The minimum Gasteiger partial charge on any atom is -0.444 e. The minimum atomic E-state index is -4.25. The first-order valence-corrected chi connectivity index (χ1v) is 9.86. The van der Waals surface area contributed by atoms with Crippen LogP contribution in [0.3, 0.4) is 0 Å². The Bertz CT molecular complexity index is 916. The summed E-state index contributed by atoms with van der Waals surface area (Å²) >= 11 is 1.05. The summed E-state index contributed by atoms with van der Waals surface area (Å²) in [5, 5.41) is 0.640. The molecule has 0 spiro atoms. The zero-order valence-corrected chi connectivity index (χ0v) is 19.6. The molecule has 0 aliphatic carbocycles. The van der Waals surface area contributed by atoms with Gasteiger partial charge in [-0.1, -0.05) is 0 Å². The molecule has 2 atom stereocenters. The molecule has 2 aliphatic rings. The number of nitrogens with zero attached hydrogens (tertiary/aromatic N) is 4. The fourth-order valence-corrected chi connectivity index (χ4v) is 4.78. The molecule has 0 saturated carbocycles. The number of amides is 1. The normalized spacial score (nSPS) is 20.9. The van der Waals surface area contributed by atoms with Crippen LogP contribution >= 0.6 is 38.3 Å². The van der Waals surface area contributed by atoms with Crippen LogP contribution in [0.4, 0.5) is 23.8 Å². The van der Waals surface area contributed by atoms with Gasteiger partial charge < -0.3 is 14.5 Å². The highest BCUT2D eigenvalue weighted by Crippen LogP contribution is 2.40. The highest BCUT2D eigenvalue weighted by molar-refractivity contribution is 7.59. The molecule has 6 nitrogen and oxygen atoms in total. The number of anilines is 1. The van der Waals surface area contributed by atoms with Crippen molar-refractivity contribution in [3.63, 3.8) is 0 Å². The van der Waals surface area contributed by atoms with E-state index in [9.17, 15) is 18.0 Å². The van der Waals surface area contributed by atoms with Gasteiger partial charge in [0.15, 0.2) is 0 Å². The monoisotopic (exact) mass is 482 g/mol. The van der Waals surface area contributed by atoms with Crippen LogP contribution in [0, 0.1) is 5.92 Å². The summed E-state index contributed by atoms with van der Waals surface area (Å²) in [5.41, 5.74) is -0.553. The number of rotatable bonds is 2. The molecule has 0 radical (unpaired) electrons. The summed E-state index contributed by atoms with van der Waals surface area (Å²) in [7, 11) is 0. The smallest absolute Gasteiger partial charge is 0.410 e. The Balaban J connectivity index is 0.00000160. The van der Waals surface area contributed by atoms with E-state index >= 15 is 0 Å². The molecule has 2 aromatic heterocycles. The van der Waals surface area contributed by atoms with E-state index in [1.54, 1.807) is 4.90 Å². The van der Waals surface area contributed by atoms with Gasteiger partial charge in [0, 0.05) is 30.4 Å². The van der Waals surface area contributed by atoms with Crippen molar-refractivity contribution < 1.29 is 22.7 Å². The molecule has 0 bridgehead atoms. The van der Waals surface area contributed by atoms with Crippen molar-refractivity contribution in [2.75, 3.05) is 24.5 Å². The number of aromatic nitrogens is 2. The maximum Gasteiger partial charge on any atom is 0.410 e. The molecule has 4 heterocycles. The van der Waals surface area contributed by atoms with Crippen molar-refractivity contribution in [3.05, 3.63) is 17.3 Å². The molecule has 1 amide bonds. The Morgan fingerprint density at radius 2 is 1.90 bits per heavy atom. The molecule has 0 N–H and O–H groups in total. The van der Waals surface area contributed by atoms with Gasteiger partial charge in [0.2, 0.25) is 0 Å². The van der Waals surface area contributed by atoms with Crippen LogP contribution in [0.15, 0.2) is 12.4 Å². The number of halogens is 3.